The standard InChI is InChI=1S/C27H28N4O4/c1-4-34-22-11-7-8-12-23(22)35-24-14-13-19(15-28-24)16-29-26(32)25-20-9-5-6-10-21(20)27(33)31(30-25)17-18(2)3/h5-15,18H,4,16-17H2,1-3H3,(H,29,32). The summed E-state index contributed by atoms with van der Waals surface area (Å²) in [6.45, 7) is 7.13. The second kappa shape index (κ2) is 10.8. The van der Waals surface area contributed by atoms with Gasteiger partial charge in [0.15, 0.2) is 17.2 Å². The van der Waals surface area contributed by atoms with Gasteiger partial charge in [0.1, 0.15) is 0 Å². The Hall–Kier alpha value is -4.20. The Morgan fingerprint density at radius 3 is 2.40 bits per heavy atom. The van der Waals surface area contributed by atoms with Crippen LogP contribution in [0.25, 0.3) is 10.8 Å². The Bertz CT molecular complexity index is 1380. The first-order valence-corrected chi connectivity index (χ1v) is 11.6. The van der Waals surface area contributed by atoms with Crippen molar-refractivity contribution >= 4 is 16.7 Å². The largest absolute Gasteiger partial charge is 0.490 e. The van der Waals surface area contributed by atoms with Crippen molar-refractivity contribution in [3.05, 3.63) is 88.5 Å². The molecule has 4 aromatic rings. The van der Waals surface area contributed by atoms with Crippen LogP contribution in [0.2, 0.25) is 0 Å². The average Bonchev–Trinajstić information content (AvgIpc) is 2.86. The number of nitrogens with zero attached hydrogens (tertiary/aromatic N) is 3. The fraction of sp³-hybridized carbons (Fsp3) is 0.259. The maximum Gasteiger partial charge on any atom is 0.274 e. The summed E-state index contributed by atoms with van der Waals surface area (Å²) in [7, 11) is 0. The zero-order valence-electron chi connectivity index (χ0n) is 20.0. The molecule has 0 aliphatic heterocycles. The summed E-state index contributed by atoms with van der Waals surface area (Å²) >= 11 is 0. The third-order valence-corrected chi connectivity index (χ3v) is 5.24. The van der Waals surface area contributed by atoms with Crippen LogP contribution in [0.4, 0.5) is 0 Å². The molecule has 0 fully saturated rings. The van der Waals surface area contributed by atoms with Crippen molar-refractivity contribution in [3.8, 4) is 17.4 Å². The van der Waals surface area contributed by atoms with Gasteiger partial charge in [-0.1, -0.05) is 50.2 Å². The third-order valence-electron chi connectivity index (χ3n) is 5.24. The van der Waals surface area contributed by atoms with Crippen LogP contribution < -0.4 is 20.3 Å². The van der Waals surface area contributed by atoms with E-state index in [1.807, 2.05) is 51.1 Å². The van der Waals surface area contributed by atoms with Crippen LogP contribution in [0.15, 0.2) is 71.7 Å². The lowest BCUT2D eigenvalue weighted by molar-refractivity contribution is 0.0945. The fourth-order valence-electron chi connectivity index (χ4n) is 3.64. The lowest BCUT2D eigenvalue weighted by atomic mass is 10.1. The highest BCUT2D eigenvalue weighted by atomic mass is 16.5. The zero-order valence-corrected chi connectivity index (χ0v) is 20.0. The number of nitrogens with one attached hydrogen (secondary N) is 1. The molecule has 0 saturated carbocycles. The summed E-state index contributed by atoms with van der Waals surface area (Å²) in [6, 6.07) is 18.0. The molecule has 35 heavy (non-hydrogen) atoms. The number of carbonyl (C=O) groups is 1. The molecule has 2 heterocycles. The lowest BCUT2D eigenvalue weighted by Crippen LogP contribution is -2.31. The molecule has 0 bridgehead atoms. The molecule has 0 unspecified atom stereocenters. The van der Waals surface area contributed by atoms with E-state index < -0.39 is 0 Å². The van der Waals surface area contributed by atoms with Gasteiger partial charge in [-0.25, -0.2) is 9.67 Å². The van der Waals surface area contributed by atoms with E-state index in [-0.39, 0.29) is 29.6 Å². The summed E-state index contributed by atoms with van der Waals surface area (Å²) in [5.74, 6) is 1.50. The summed E-state index contributed by atoms with van der Waals surface area (Å²) in [4.78, 5) is 30.2. The van der Waals surface area contributed by atoms with Gasteiger partial charge in [-0.3, -0.25) is 9.59 Å². The first-order chi connectivity index (χ1) is 17.0. The van der Waals surface area contributed by atoms with Gasteiger partial charge >= 0.3 is 0 Å². The van der Waals surface area contributed by atoms with E-state index in [4.69, 9.17) is 9.47 Å². The fourth-order valence-corrected chi connectivity index (χ4v) is 3.64. The molecule has 180 valence electrons. The van der Waals surface area contributed by atoms with Crippen molar-refractivity contribution in [3.63, 3.8) is 0 Å². The molecule has 2 aromatic heterocycles. The van der Waals surface area contributed by atoms with Crippen molar-refractivity contribution in [2.75, 3.05) is 6.61 Å². The minimum Gasteiger partial charge on any atom is -0.490 e. The molecule has 4 rings (SSSR count). The number of benzene rings is 2. The van der Waals surface area contributed by atoms with Crippen LogP contribution in [-0.4, -0.2) is 27.3 Å². The van der Waals surface area contributed by atoms with E-state index >= 15 is 0 Å². The Labute approximate surface area is 203 Å². The molecule has 0 aliphatic carbocycles. The third kappa shape index (κ3) is 5.66. The van der Waals surface area contributed by atoms with Gasteiger partial charge in [0.2, 0.25) is 5.88 Å². The predicted octanol–water partition coefficient (Wildman–Crippen LogP) is 4.57. The minimum atomic E-state index is -0.357. The number of ether oxygens (including phenoxy) is 2. The minimum absolute atomic E-state index is 0.198. The van der Waals surface area contributed by atoms with Crippen LogP contribution >= 0.6 is 0 Å². The van der Waals surface area contributed by atoms with Crippen molar-refractivity contribution in [1.82, 2.24) is 20.1 Å². The predicted molar refractivity (Wildman–Crippen MR) is 134 cm³/mol. The summed E-state index contributed by atoms with van der Waals surface area (Å²) in [5.41, 5.74) is 0.821. The normalized spacial score (nSPS) is 11.0. The van der Waals surface area contributed by atoms with Crippen molar-refractivity contribution in [2.45, 2.75) is 33.9 Å². The SMILES string of the molecule is CCOc1ccccc1Oc1ccc(CNC(=O)c2nn(CC(C)C)c(=O)c3ccccc23)cn1. The monoisotopic (exact) mass is 472 g/mol. The lowest BCUT2D eigenvalue weighted by Gasteiger charge is -2.13. The number of hydrogen-bond donors (Lipinski definition) is 1. The second-order valence-electron chi connectivity index (χ2n) is 8.44. The number of fused-ring (bicyclic) bond motifs is 1. The number of para-hydroxylation sites is 2. The molecular formula is C27H28N4O4. The molecule has 8 nitrogen and oxygen atoms in total. The van der Waals surface area contributed by atoms with Crippen molar-refractivity contribution in [1.29, 1.82) is 0 Å². The Kier molecular flexibility index (Phi) is 7.40. The van der Waals surface area contributed by atoms with Crippen LogP contribution in [0.3, 0.4) is 0 Å². The van der Waals surface area contributed by atoms with Crippen LogP contribution in [0.5, 0.6) is 17.4 Å². The quantitative estimate of drug-likeness (QED) is 0.383. The van der Waals surface area contributed by atoms with Gasteiger partial charge in [0.25, 0.3) is 11.5 Å². The van der Waals surface area contributed by atoms with Gasteiger partial charge in [-0.15, -0.1) is 0 Å². The van der Waals surface area contributed by atoms with E-state index in [1.165, 1.54) is 4.68 Å². The van der Waals surface area contributed by atoms with Gasteiger partial charge in [0.05, 0.1) is 12.0 Å². The number of amides is 1. The molecule has 0 aliphatic rings. The molecule has 0 radical (unpaired) electrons. The van der Waals surface area contributed by atoms with E-state index in [2.05, 4.69) is 15.4 Å². The Morgan fingerprint density at radius 1 is 1.00 bits per heavy atom. The number of aromatic nitrogens is 3. The van der Waals surface area contributed by atoms with Crippen LogP contribution in [-0.2, 0) is 13.1 Å². The Morgan fingerprint density at radius 2 is 1.71 bits per heavy atom. The first kappa shape index (κ1) is 23.9. The molecule has 8 heteroatoms. The highest BCUT2D eigenvalue weighted by Gasteiger charge is 2.17. The number of pyridine rings is 1. The average molecular weight is 473 g/mol. The maximum atomic E-state index is 13.0. The number of rotatable bonds is 9. The summed E-state index contributed by atoms with van der Waals surface area (Å²) in [6.07, 6.45) is 1.64. The van der Waals surface area contributed by atoms with E-state index in [1.54, 1.807) is 36.5 Å². The van der Waals surface area contributed by atoms with E-state index in [0.717, 1.165) is 5.56 Å². The first-order valence-electron chi connectivity index (χ1n) is 11.6. The smallest absolute Gasteiger partial charge is 0.274 e. The van der Waals surface area contributed by atoms with E-state index in [9.17, 15) is 9.59 Å². The van der Waals surface area contributed by atoms with Crippen LogP contribution in [0.1, 0.15) is 36.8 Å². The molecule has 1 N–H and O–H groups in total. The second-order valence-corrected chi connectivity index (χ2v) is 8.44. The molecule has 0 spiro atoms. The molecular weight excluding hydrogens is 444 g/mol. The van der Waals surface area contributed by atoms with Gasteiger partial charge < -0.3 is 14.8 Å². The Balaban J connectivity index is 1.48. The topological polar surface area (TPSA) is 95.3 Å². The van der Waals surface area contributed by atoms with Crippen molar-refractivity contribution in [2.24, 2.45) is 5.92 Å². The highest BCUT2D eigenvalue weighted by molar-refractivity contribution is 6.04. The van der Waals surface area contributed by atoms with Crippen LogP contribution in [0, 0.1) is 5.92 Å². The van der Waals surface area contributed by atoms with Gasteiger partial charge in [-0.2, -0.15) is 5.10 Å². The van der Waals surface area contributed by atoms with Gasteiger partial charge in [0, 0.05) is 30.7 Å². The maximum absolute atomic E-state index is 13.0. The molecule has 2 aromatic carbocycles. The summed E-state index contributed by atoms with van der Waals surface area (Å²) in [5, 5.41) is 8.27. The summed E-state index contributed by atoms with van der Waals surface area (Å²) < 4.78 is 12.8. The highest BCUT2D eigenvalue weighted by Crippen LogP contribution is 2.30. The molecule has 1 amide bonds. The van der Waals surface area contributed by atoms with Gasteiger partial charge in [-0.05, 0) is 36.6 Å². The van der Waals surface area contributed by atoms with Crippen molar-refractivity contribution < 1.29 is 14.3 Å². The molecule has 0 saturated heterocycles. The zero-order chi connectivity index (χ0) is 24.8. The number of hydrogen-bond acceptors (Lipinski definition) is 6. The number of carbonyl (C=O) groups excluding carboxylic acids is 1. The van der Waals surface area contributed by atoms with E-state index in [0.29, 0.717) is 41.3 Å². The molecule has 0 atom stereocenters.